The summed E-state index contributed by atoms with van der Waals surface area (Å²) in [5.41, 5.74) is 5.62. The van der Waals surface area contributed by atoms with E-state index in [-0.39, 0.29) is 5.95 Å². The van der Waals surface area contributed by atoms with Crippen LogP contribution in [0.5, 0.6) is 0 Å². The van der Waals surface area contributed by atoms with E-state index in [1.54, 1.807) is 6.20 Å². The van der Waals surface area contributed by atoms with E-state index in [1.807, 2.05) is 0 Å². The minimum absolute atomic E-state index is 0.287. The van der Waals surface area contributed by atoms with Crippen molar-refractivity contribution in [2.75, 3.05) is 43.4 Å². The van der Waals surface area contributed by atoms with E-state index < -0.39 is 0 Å². The lowest BCUT2D eigenvalue weighted by atomic mass is 10.3. The van der Waals surface area contributed by atoms with Crippen LogP contribution in [0.2, 0.25) is 5.02 Å². The van der Waals surface area contributed by atoms with Gasteiger partial charge < -0.3 is 10.6 Å². The zero-order valence-corrected chi connectivity index (χ0v) is 11.1. The summed E-state index contributed by atoms with van der Waals surface area (Å²) < 4.78 is 0. The molecule has 0 radical (unpaired) electrons. The summed E-state index contributed by atoms with van der Waals surface area (Å²) in [6, 6.07) is 0. The van der Waals surface area contributed by atoms with Gasteiger partial charge in [-0.05, 0) is 18.8 Å². The maximum atomic E-state index is 6.12. The molecule has 5 nitrogen and oxygen atoms in total. The Morgan fingerprint density at radius 3 is 2.67 bits per heavy atom. The van der Waals surface area contributed by atoms with Crippen LogP contribution in [0.3, 0.4) is 0 Å². The quantitative estimate of drug-likeness (QED) is 0.893. The molecule has 0 amide bonds. The molecule has 1 aliphatic heterocycles. The Labute approximate surface area is 112 Å². The van der Waals surface area contributed by atoms with Crippen LogP contribution in [-0.2, 0) is 0 Å². The van der Waals surface area contributed by atoms with Crippen molar-refractivity contribution in [2.45, 2.75) is 12.8 Å². The molecule has 0 atom stereocenters. The molecule has 0 spiro atoms. The molecule has 98 valence electrons. The highest BCUT2D eigenvalue weighted by Gasteiger charge is 2.27. The first kappa shape index (κ1) is 12.0. The SMILES string of the molecule is Nc1ncc(Cl)c(N2CCN(CC3CC3)CC2)n1. The van der Waals surface area contributed by atoms with Crippen LogP contribution < -0.4 is 10.6 Å². The van der Waals surface area contributed by atoms with E-state index in [2.05, 4.69) is 19.8 Å². The Hall–Kier alpha value is -1.07. The Bertz CT molecular complexity index is 426. The fraction of sp³-hybridized carbons (Fsp3) is 0.667. The van der Waals surface area contributed by atoms with Crippen molar-refractivity contribution in [3.8, 4) is 0 Å². The van der Waals surface area contributed by atoms with E-state index >= 15 is 0 Å². The minimum atomic E-state index is 0.287. The summed E-state index contributed by atoms with van der Waals surface area (Å²) in [4.78, 5) is 12.9. The molecular formula is C12H18ClN5. The van der Waals surface area contributed by atoms with Crippen molar-refractivity contribution < 1.29 is 0 Å². The summed E-state index contributed by atoms with van der Waals surface area (Å²) in [6.45, 7) is 5.34. The third-order valence-corrected chi connectivity index (χ3v) is 3.90. The third kappa shape index (κ3) is 2.67. The summed E-state index contributed by atoms with van der Waals surface area (Å²) in [7, 11) is 0. The van der Waals surface area contributed by atoms with E-state index in [9.17, 15) is 0 Å². The number of nitrogens with two attached hydrogens (primary N) is 1. The van der Waals surface area contributed by atoms with Crippen molar-refractivity contribution in [3.63, 3.8) is 0 Å². The predicted molar refractivity (Wildman–Crippen MR) is 72.8 cm³/mol. The maximum absolute atomic E-state index is 6.12. The minimum Gasteiger partial charge on any atom is -0.368 e. The number of rotatable bonds is 3. The lowest BCUT2D eigenvalue weighted by Gasteiger charge is -2.35. The standard InChI is InChI=1S/C12H18ClN5/c13-10-7-15-12(14)16-11(10)18-5-3-17(4-6-18)8-9-1-2-9/h7,9H,1-6,8H2,(H2,14,15,16). The summed E-state index contributed by atoms with van der Waals surface area (Å²) in [6.07, 6.45) is 4.40. The molecular weight excluding hydrogens is 250 g/mol. The van der Waals surface area contributed by atoms with Crippen molar-refractivity contribution in [3.05, 3.63) is 11.2 Å². The second-order valence-corrected chi connectivity index (χ2v) is 5.54. The van der Waals surface area contributed by atoms with Gasteiger partial charge >= 0.3 is 0 Å². The van der Waals surface area contributed by atoms with Crippen molar-refractivity contribution >= 4 is 23.4 Å². The van der Waals surface area contributed by atoms with E-state index in [0.717, 1.165) is 37.9 Å². The molecule has 18 heavy (non-hydrogen) atoms. The molecule has 3 rings (SSSR count). The van der Waals surface area contributed by atoms with Gasteiger partial charge in [-0.1, -0.05) is 11.6 Å². The van der Waals surface area contributed by atoms with Gasteiger partial charge in [0.15, 0.2) is 5.82 Å². The number of nitrogens with zero attached hydrogens (tertiary/aromatic N) is 4. The number of halogens is 1. The number of piperazine rings is 1. The highest BCUT2D eigenvalue weighted by molar-refractivity contribution is 6.32. The largest absolute Gasteiger partial charge is 0.368 e. The predicted octanol–water partition coefficient (Wildman–Crippen LogP) is 1.24. The van der Waals surface area contributed by atoms with Crippen LogP contribution in [0.15, 0.2) is 6.20 Å². The van der Waals surface area contributed by atoms with Gasteiger partial charge in [0.2, 0.25) is 5.95 Å². The van der Waals surface area contributed by atoms with Crippen molar-refractivity contribution in [1.29, 1.82) is 0 Å². The van der Waals surface area contributed by atoms with Crippen molar-refractivity contribution in [2.24, 2.45) is 5.92 Å². The van der Waals surface area contributed by atoms with Crippen LogP contribution in [0.25, 0.3) is 0 Å². The monoisotopic (exact) mass is 267 g/mol. The number of hydrogen-bond acceptors (Lipinski definition) is 5. The van der Waals surface area contributed by atoms with Crippen molar-refractivity contribution in [1.82, 2.24) is 14.9 Å². The highest BCUT2D eigenvalue weighted by atomic mass is 35.5. The lowest BCUT2D eigenvalue weighted by Crippen LogP contribution is -2.47. The average Bonchev–Trinajstić information content (AvgIpc) is 3.17. The molecule has 1 aliphatic carbocycles. The second kappa shape index (κ2) is 4.90. The molecule has 1 aromatic heterocycles. The lowest BCUT2D eigenvalue weighted by molar-refractivity contribution is 0.247. The normalized spacial score (nSPS) is 21.3. The Morgan fingerprint density at radius 2 is 2.00 bits per heavy atom. The van der Waals surface area contributed by atoms with Crippen LogP contribution in [-0.4, -0.2) is 47.6 Å². The third-order valence-electron chi connectivity index (χ3n) is 3.63. The smallest absolute Gasteiger partial charge is 0.222 e. The number of nitrogen functional groups attached to an aromatic ring is 1. The molecule has 1 aromatic rings. The van der Waals surface area contributed by atoms with Gasteiger partial charge in [0.1, 0.15) is 5.02 Å². The fourth-order valence-corrected chi connectivity index (χ4v) is 2.61. The van der Waals surface area contributed by atoms with Gasteiger partial charge in [-0.2, -0.15) is 4.98 Å². The van der Waals surface area contributed by atoms with Crippen LogP contribution in [0.1, 0.15) is 12.8 Å². The maximum Gasteiger partial charge on any atom is 0.222 e. The molecule has 2 heterocycles. The molecule has 0 bridgehead atoms. The molecule has 2 fully saturated rings. The zero-order valence-electron chi connectivity index (χ0n) is 10.3. The fourth-order valence-electron chi connectivity index (χ4n) is 2.40. The second-order valence-electron chi connectivity index (χ2n) is 5.13. The Balaban J connectivity index is 1.62. The summed E-state index contributed by atoms with van der Waals surface area (Å²) >= 11 is 6.12. The zero-order chi connectivity index (χ0) is 12.5. The first-order valence-corrected chi connectivity index (χ1v) is 6.85. The topological polar surface area (TPSA) is 58.3 Å². The average molecular weight is 268 g/mol. The molecule has 1 saturated carbocycles. The highest BCUT2D eigenvalue weighted by Crippen LogP contribution is 2.30. The van der Waals surface area contributed by atoms with Crippen LogP contribution >= 0.6 is 11.6 Å². The van der Waals surface area contributed by atoms with Crippen LogP contribution in [0, 0.1) is 5.92 Å². The van der Waals surface area contributed by atoms with Gasteiger partial charge in [0.05, 0.1) is 6.20 Å². The first-order chi connectivity index (χ1) is 8.72. The molecule has 6 heteroatoms. The number of anilines is 2. The van der Waals surface area contributed by atoms with Gasteiger partial charge in [0, 0.05) is 32.7 Å². The molecule has 1 saturated heterocycles. The van der Waals surface area contributed by atoms with E-state index in [1.165, 1.54) is 19.4 Å². The number of aromatic nitrogens is 2. The Kier molecular flexibility index (Phi) is 3.26. The molecule has 0 unspecified atom stereocenters. The first-order valence-electron chi connectivity index (χ1n) is 6.47. The van der Waals surface area contributed by atoms with Crippen LogP contribution in [0.4, 0.5) is 11.8 Å². The van der Waals surface area contributed by atoms with E-state index in [4.69, 9.17) is 17.3 Å². The van der Waals surface area contributed by atoms with Gasteiger partial charge in [-0.15, -0.1) is 0 Å². The van der Waals surface area contributed by atoms with E-state index in [0.29, 0.717) is 5.02 Å². The molecule has 2 N–H and O–H groups in total. The van der Waals surface area contributed by atoms with Gasteiger partial charge in [-0.25, -0.2) is 4.98 Å². The Morgan fingerprint density at radius 1 is 1.28 bits per heavy atom. The number of hydrogen-bond donors (Lipinski definition) is 1. The molecule has 2 aliphatic rings. The van der Waals surface area contributed by atoms with Gasteiger partial charge in [0.25, 0.3) is 0 Å². The van der Waals surface area contributed by atoms with Gasteiger partial charge in [-0.3, -0.25) is 4.90 Å². The molecule has 0 aromatic carbocycles. The summed E-state index contributed by atoms with van der Waals surface area (Å²) in [5.74, 6) is 2.01. The summed E-state index contributed by atoms with van der Waals surface area (Å²) in [5, 5.41) is 0.583.